The first-order valence-corrected chi connectivity index (χ1v) is 7.11. The zero-order chi connectivity index (χ0) is 16.1. The van der Waals surface area contributed by atoms with Crippen LogP contribution in [0.15, 0.2) is 42.6 Å². The molecule has 0 radical (unpaired) electrons. The summed E-state index contributed by atoms with van der Waals surface area (Å²) in [6.07, 6.45) is 2.24. The minimum atomic E-state index is -0.732. The van der Waals surface area contributed by atoms with E-state index in [-0.39, 0.29) is 6.79 Å². The maximum Gasteiger partial charge on any atom is 0.313 e. The van der Waals surface area contributed by atoms with E-state index in [0.717, 1.165) is 5.69 Å². The molecule has 2 N–H and O–H groups in total. The lowest BCUT2D eigenvalue weighted by Crippen LogP contribution is -2.36. The van der Waals surface area contributed by atoms with Gasteiger partial charge in [-0.15, -0.1) is 0 Å². The number of carbonyl (C=O) groups is 2. The average Bonchev–Trinajstić information content (AvgIpc) is 3.03. The third-order valence-corrected chi connectivity index (χ3v) is 3.23. The van der Waals surface area contributed by atoms with Gasteiger partial charge in [-0.2, -0.15) is 0 Å². The van der Waals surface area contributed by atoms with Gasteiger partial charge in [-0.3, -0.25) is 14.6 Å². The number of pyridine rings is 1. The number of nitrogens with zero attached hydrogens (tertiary/aromatic N) is 1. The summed E-state index contributed by atoms with van der Waals surface area (Å²) in [5.74, 6) is -0.273. The number of ether oxygens (including phenoxy) is 2. The number of amides is 2. The smallest absolute Gasteiger partial charge is 0.313 e. The predicted molar refractivity (Wildman–Crippen MR) is 82.1 cm³/mol. The molecule has 7 nitrogen and oxygen atoms in total. The fraction of sp³-hybridized carbons (Fsp3) is 0.188. The highest BCUT2D eigenvalue weighted by Crippen LogP contribution is 2.34. The van der Waals surface area contributed by atoms with Crippen LogP contribution in [0.1, 0.15) is 5.69 Å². The van der Waals surface area contributed by atoms with E-state index in [1.165, 1.54) is 0 Å². The van der Waals surface area contributed by atoms with Crippen molar-refractivity contribution in [2.75, 3.05) is 18.7 Å². The van der Waals surface area contributed by atoms with Crippen molar-refractivity contribution in [3.8, 4) is 11.5 Å². The number of fused-ring (bicyclic) bond motifs is 1. The van der Waals surface area contributed by atoms with Crippen LogP contribution in [-0.4, -0.2) is 30.1 Å². The number of aromatic nitrogens is 1. The van der Waals surface area contributed by atoms with E-state index < -0.39 is 11.8 Å². The molecule has 23 heavy (non-hydrogen) atoms. The van der Waals surface area contributed by atoms with Gasteiger partial charge in [-0.25, -0.2) is 0 Å². The van der Waals surface area contributed by atoms with Crippen molar-refractivity contribution in [2.24, 2.45) is 0 Å². The number of hydrogen-bond acceptors (Lipinski definition) is 5. The molecular weight excluding hydrogens is 298 g/mol. The molecule has 0 fully saturated rings. The maximum absolute atomic E-state index is 11.8. The van der Waals surface area contributed by atoms with Gasteiger partial charge in [0.1, 0.15) is 0 Å². The molecule has 0 atom stereocenters. The van der Waals surface area contributed by atoms with Crippen molar-refractivity contribution >= 4 is 17.5 Å². The van der Waals surface area contributed by atoms with Crippen molar-refractivity contribution in [3.05, 3.63) is 48.3 Å². The molecule has 0 saturated heterocycles. The van der Waals surface area contributed by atoms with E-state index in [4.69, 9.17) is 9.47 Å². The van der Waals surface area contributed by atoms with Crippen LogP contribution in [-0.2, 0) is 16.0 Å². The monoisotopic (exact) mass is 313 g/mol. The standard InChI is InChI=1S/C16H15N3O4/c20-15(18-8-6-11-3-1-2-7-17-11)16(21)19-12-4-5-13-14(9-12)23-10-22-13/h1-5,7,9H,6,8,10H2,(H,18,20)(H,19,21). The van der Waals surface area contributed by atoms with Crippen molar-refractivity contribution in [1.29, 1.82) is 0 Å². The fourth-order valence-electron chi connectivity index (χ4n) is 2.09. The Morgan fingerprint density at radius 1 is 1.09 bits per heavy atom. The van der Waals surface area contributed by atoms with Crippen molar-refractivity contribution < 1.29 is 19.1 Å². The largest absolute Gasteiger partial charge is 0.454 e. The minimum Gasteiger partial charge on any atom is -0.454 e. The molecule has 2 heterocycles. The van der Waals surface area contributed by atoms with Crippen LogP contribution in [0.2, 0.25) is 0 Å². The number of hydrogen-bond donors (Lipinski definition) is 2. The van der Waals surface area contributed by atoms with E-state index in [1.807, 2.05) is 18.2 Å². The molecule has 2 amide bonds. The molecule has 0 bridgehead atoms. The molecule has 0 spiro atoms. The van der Waals surface area contributed by atoms with Crippen molar-refractivity contribution in [3.63, 3.8) is 0 Å². The summed E-state index contributed by atoms with van der Waals surface area (Å²) in [5.41, 5.74) is 1.32. The highest BCUT2D eigenvalue weighted by molar-refractivity contribution is 6.39. The Bertz CT molecular complexity index is 719. The number of carbonyl (C=O) groups excluding carboxylic acids is 2. The minimum absolute atomic E-state index is 0.154. The lowest BCUT2D eigenvalue weighted by Gasteiger charge is -2.07. The van der Waals surface area contributed by atoms with Gasteiger partial charge in [0.25, 0.3) is 0 Å². The lowest BCUT2D eigenvalue weighted by atomic mass is 10.2. The van der Waals surface area contributed by atoms with Gasteiger partial charge in [-0.05, 0) is 24.3 Å². The summed E-state index contributed by atoms with van der Waals surface area (Å²) in [4.78, 5) is 27.8. The van der Waals surface area contributed by atoms with Crippen LogP contribution >= 0.6 is 0 Å². The summed E-state index contributed by atoms with van der Waals surface area (Å²) >= 11 is 0. The normalized spacial score (nSPS) is 11.8. The molecule has 0 saturated carbocycles. The molecule has 2 aromatic rings. The lowest BCUT2D eigenvalue weighted by molar-refractivity contribution is -0.136. The molecule has 1 aliphatic rings. The molecule has 0 unspecified atom stereocenters. The van der Waals surface area contributed by atoms with Crippen LogP contribution in [0.4, 0.5) is 5.69 Å². The van der Waals surface area contributed by atoms with Crippen LogP contribution < -0.4 is 20.1 Å². The van der Waals surface area contributed by atoms with Gasteiger partial charge >= 0.3 is 11.8 Å². The zero-order valence-electron chi connectivity index (χ0n) is 12.2. The second-order valence-electron chi connectivity index (χ2n) is 4.85. The van der Waals surface area contributed by atoms with E-state index in [0.29, 0.717) is 30.2 Å². The van der Waals surface area contributed by atoms with Crippen LogP contribution in [0, 0.1) is 0 Å². The van der Waals surface area contributed by atoms with E-state index >= 15 is 0 Å². The summed E-state index contributed by atoms with van der Waals surface area (Å²) in [7, 11) is 0. The molecule has 1 aromatic carbocycles. The van der Waals surface area contributed by atoms with Crippen LogP contribution in [0.3, 0.4) is 0 Å². The highest BCUT2D eigenvalue weighted by Gasteiger charge is 2.17. The Morgan fingerprint density at radius 3 is 2.78 bits per heavy atom. The number of rotatable bonds is 4. The second kappa shape index (κ2) is 6.78. The third-order valence-electron chi connectivity index (χ3n) is 3.23. The first-order valence-electron chi connectivity index (χ1n) is 7.11. The summed E-state index contributed by atoms with van der Waals surface area (Å²) in [6.45, 7) is 0.491. The van der Waals surface area contributed by atoms with Crippen LogP contribution in [0.5, 0.6) is 11.5 Å². The number of benzene rings is 1. The number of anilines is 1. The highest BCUT2D eigenvalue weighted by atomic mass is 16.7. The van der Waals surface area contributed by atoms with Crippen LogP contribution in [0.25, 0.3) is 0 Å². The van der Waals surface area contributed by atoms with E-state index in [1.54, 1.807) is 24.4 Å². The summed E-state index contributed by atoms with van der Waals surface area (Å²) in [6, 6.07) is 10.5. The molecule has 7 heteroatoms. The predicted octanol–water partition coefficient (Wildman–Crippen LogP) is 1.11. The average molecular weight is 313 g/mol. The molecule has 3 rings (SSSR count). The Kier molecular flexibility index (Phi) is 4.37. The van der Waals surface area contributed by atoms with Crippen molar-refractivity contribution in [2.45, 2.75) is 6.42 Å². The van der Waals surface area contributed by atoms with Gasteiger partial charge in [0.2, 0.25) is 6.79 Å². The third kappa shape index (κ3) is 3.76. The van der Waals surface area contributed by atoms with E-state index in [2.05, 4.69) is 15.6 Å². The molecule has 118 valence electrons. The Hall–Kier alpha value is -3.09. The SMILES string of the molecule is O=C(NCCc1ccccn1)C(=O)Nc1ccc2c(c1)OCO2. The Morgan fingerprint density at radius 2 is 1.96 bits per heavy atom. The zero-order valence-corrected chi connectivity index (χ0v) is 12.2. The summed E-state index contributed by atoms with van der Waals surface area (Å²) in [5, 5.41) is 5.07. The molecular formula is C16H15N3O4. The van der Waals surface area contributed by atoms with Gasteiger partial charge < -0.3 is 20.1 Å². The molecule has 1 aliphatic heterocycles. The van der Waals surface area contributed by atoms with Gasteiger partial charge in [0.05, 0.1) is 0 Å². The van der Waals surface area contributed by atoms with Crippen molar-refractivity contribution in [1.82, 2.24) is 10.3 Å². The first-order chi connectivity index (χ1) is 11.2. The van der Waals surface area contributed by atoms with E-state index in [9.17, 15) is 9.59 Å². The molecule has 0 aliphatic carbocycles. The summed E-state index contributed by atoms with van der Waals surface area (Å²) < 4.78 is 10.4. The number of nitrogens with one attached hydrogen (secondary N) is 2. The van der Waals surface area contributed by atoms with Gasteiger partial charge in [0.15, 0.2) is 11.5 Å². The molecule has 1 aromatic heterocycles. The topological polar surface area (TPSA) is 89.6 Å². The van der Waals surface area contributed by atoms with Gasteiger partial charge in [0, 0.05) is 36.6 Å². The van der Waals surface area contributed by atoms with Gasteiger partial charge in [-0.1, -0.05) is 6.07 Å². The Labute approximate surface area is 132 Å². The quantitative estimate of drug-likeness (QED) is 0.825. The Balaban J connectivity index is 1.49. The first kappa shape index (κ1) is 14.8. The maximum atomic E-state index is 11.8. The second-order valence-corrected chi connectivity index (χ2v) is 4.85. The fourth-order valence-corrected chi connectivity index (χ4v) is 2.09.